The number of amides is 1. The van der Waals surface area contributed by atoms with Gasteiger partial charge in [0.05, 0.1) is 34.7 Å². The van der Waals surface area contributed by atoms with Gasteiger partial charge in [-0.1, -0.05) is 23.9 Å². The van der Waals surface area contributed by atoms with Gasteiger partial charge in [-0.2, -0.15) is 4.31 Å². The third-order valence-corrected chi connectivity index (χ3v) is 8.33. The number of aryl methyl sites for hydroxylation is 1. The highest BCUT2D eigenvalue weighted by molar-refractivity contribution is 7.99. The summed E-state index contributed by atoms with van der Waals surface area (Å²) in [6, 6.07) is 10.7. The number of anilines is 1. The van der Waals surface area contributed by atoms with E-state index in [0.717, 1.165) is 16.3 Å². The summed E-state index contributed by atoms with van der Waals surface area (Å²) in [6.07, 6.45) is 1.34. The van der Waals surface area contributed by atoms with E-state index < -0.39 is 10.0 Å². The number of carbonyl (C=O) groups excluding carboxylic acids is 1. The molecule has 0 unspecified atom stereocenters. The highest BCUT2D eigenvalue weighted by Crippen LogP contribution is 2.25. The number of rotatable bonds is 7. The minimum absolute atomic E-state index is 0.141. The summed E-state index contributed by atoms with van der Waals surface area (Å²) in [5.74, 6) is -0.0174. The van der Waals surface area contributed by atoms with Gasteiger partial charge in [-0.15, -0.1) is 11.3 Å². The van der Waals surface area contributed by atoms with Crippen molar-refractivity contribution >= 4 is 44.7 Å². The third-order valence-electron chi connectivity index (χ3n) is 4.73. The molecule has 2 aromatic heterocycles. The van der Waals surface area contributed by atoms with Gasteiger partial charge in [-0.3, -0.25) is 4.79 Å². The fourth-order valence-electron chi connectivity index (χ4n) is 3.13. The molecule has 3 heterocycles. The van der Waals surface area contributed by atoms with Crippen LogP contribution in [0.3, 0.4) is 0 Å². The highest BCUT2D eigenvalue weighted by atomic mass is 32.2. The zero-order chi connectivity index (χ0) is 22.6. The molecule has 4 rings (SSSR count). The van der Waals surface area contributed by atoms with Gasteiger partial charge in [-0.05, 0) is 31.2 Å². The quantitative estimate of drug-likeness (QED) is 0.507. The zero-order valence-corrected chi connectivity index (χ0v) is 19.8. The predicted octanol–water partition coefficient (Wildman–Crippen LogP) is 3.27. The molecule has 1 aliphatic rings. The van der Waals surface area contributed by atoms with Crippen molar-refractivity contribution in [1.29, 1.82) is 0 Å². The van der Waals surface area contributed by atoms with Crippen LogP contribution in [0.15, 0.2) is 57.9 Å². The Kier molecular flexibility index (Phi) is 7.21. The average molecular weight is 491 g/mol. The van der Waals surface area contributed by atoms with E-state index in [-0.39, 0.29) is 16.6 Å². The van der Waals surface area contributed by atoms with Crippen LogP contribution in [0.1, 0.15) is 5.01 Å². The first-order valence-corrected chi connectivity index (χ1v) is 13.2. The number of nitrogens with zero attached hydrogens (tertiary/aromatic N) is 3. The molecule has 1 aliphatic heterocycles. The molecule has 0 aliphatic carbocycles. The van der Waals surface area contributed by atoms with Crippen molar-refractivity contribution in [3.05, 3.63) is 53.0 Å². The molecule has 3 aromatic rings. The number of ether oxygens (including phenoxy) is 1. The molecular weight excluding hydrogens is 468 g/mol. The molecule has 0 radical (unpaired) electrons. The Morgan fingerprint density at radius 3 is 2.75 bits per heavy atom. The summed E-state index contributed by atoms with van der Waals surface area (Å²) in [5, 5.41) is 6.43. The Bertz CT molecular complexity index is 1190. The molecule has 8 nitrogen and oxygen atoms in total. The maximum absolute atomic E-state index is 12.7. The fourth-order valence-corrected chi connectivity index (χ4v) is 5.75. The molecule has 0 spiro atoms. The van der Waals surface area contributed by atoms with Crippen LogP contribution in [0.5, 0.6) is 0 Å². The molecule has 1 N–H and O–H groups in total. The second kappa shape index (κ2) is 10.1. The van der Waals surface area contributed by atoms with E-state index in [0.29, 0.717) is 37.0 Å². The molecule has 32 heavy (non-hydrogen) atoms. The van der Waals surface area contributed by atoms with Crippen molar-refractivity contribution in [3.8, 4) is 11.3 Å². The Labute approximate surface area is 195 Å². The van der Waals surface area contributed by atoms with Crippen molar-refractivity contribution in [2.75, 3.05) is 37.4 Å². The van der Waals surface area contributed by atoms with E-state index >= 15 is 0 Å². The lowest BCUT2D eigenvalue weighted by Gasteiger charge is -2.25. The van der Waals surface area contributed by atoms with Crippen molar-refractivity contribution in [1.82, 2.24) is 14.3 Å². The number of hydrogen-bond acceptors (Lipinski definition) is 8. The number of benzene rings is 1. The van der Waals surface area contributed by atoms with Gasteiger partial charge in [0.2, 0.25) is 15.9 Å². The molecule has 1 saturated heterocycles. The lowest BCUT2D eigenvalue weighted by molar-refractivity contribution is -0.113. The number of thiazole rings is 1. The van der Waals surface area contributed by atoms with E-state index in [1.807, 2.05) is 36.6 Å². The molecule has 0 saturated carbocycles. The van der Waals surface area contributed by atoms with E-state index in [4.69, 9.17) is 4.74 Å². The summed E-state index contributed by atoms with van der Waals surface area (Å²) < 4.78 is 31.9. The van der Waals surface area contributed by atoms with E-state index in [1.54, 1.807) is 17.4 Å². The number of hydrogen-bond donors (Lipinski definition) is 1. The number of sulfonamides is 1. The average Bonchev–Trinajstić information content (AvgIpc) is 3.25. The zero-order valence-electron chi connectivity index (χ0n) is 17.4. The Morgan fingerprint density at radius 1 is 1.25 bits per heavy atom. The minimum Gasteiger partial charge on any atom is -0.379 e. The molecular formula is C21H22N4O4S3. The molecule has 0 atom stereocenters. The van der Waals surface area contributed by atoms with E-state index in [1.165, 1.54) is 28.3 Å². The van der Waals surface area contributed by atoms with Crippen molar-refractivity contribution < 1.29 is 17.9 Å². The van der Waals surface area contributed by atoms with Crippen LogP contribution in [-0.4, -0.2) is 60.7 Å². The maximum Gasteiger partial charge on any atom is 0.244 e. The summed E-state index contributed by atoms with van der Waals surface area (Å²) in [7, 11) is -3.58. The van der Waals surface area contributed by atoms with E-state index in [9.17, 15) is 13.2 Å². The topological polar surface area (TPSA) is 101 Å². The molecule has 1 aromatic carbocycles. The Balaban J connectivity index is 1.33. The first-order chi connectivity index (χ1) is 15.4. The molecule has 168 valence electrons. The van der Waals surface area contributed by atoms with Gasteiger partial charge in [0.25, 0.3) is 0 Å². The van der Waals surface area contributed by atoms with Gasteiger partial charge in [0, 0.05) is 35.9 Å². The second-order valence-electron chi connectivity index (χ2n) is 7.02. The Morgan fingerprint density at radius 2 is 2.06 bits per heavy atom. The number of morpholine rings is 1. The van der Waals surface area contributed by atoms with Gasteiger partial charge in [0.1, 0.15) is 4.90 Å². The number of aromatic nitrogens is 2. The van der Waals surface area contributed by atoms with Crippen LogP contribution in [-0.2, 0) is 19.6 Å². The second-order valence-corrected chi connectivity index (χ2v) is 11.0. The number of thioether (sulfide) groups is 1. The van der Waals surface area contributed by atoms with Crippen molar-refractivity contribution in [2.24, 2.45) is 0 Å². The predicted molar refractivity (Wildman–Crippen MR) is 125 cm³/mol. The minimum atomic E-state index is -3.58. The van der Waals surface area contributed by atoms with Crippen LogP contribution < -0.4 is 5.32 Å². The van der Waals surface area contributed by atoms with Gasteiger partial charge >= 0.3 is 0 Å². The highest BCUT2D eigenvalue weighted by Gasteiger charge is 2.26. The van der Waals surface area contributed by atoms with Crippen LogP contribution in [0, 0.1) is 6.92 Å². The van der Waals surface area contributed by atoms with Crippen LogP contribution in [0.2, 0.25) is 0 Å². The monoisotopic (exact) mass is 490 g/mol. The number of pyridine rings is 1. The van der Waals surface area contributed by atoms with Gasteiger partial charge in [-0.25, -0.2) is 18.4 Å². The smallest absolute Gasteiger partial charge is 0.244 e. The SMILES string of the molecule is Cc1nc(-c2cccc(NC(=O)CSc3ccc(S(=O)(=O)N4CCOCC4)cn3)c2)cs1. The van der Waals surface area contributed by atoms with Crippen LogP contribution in [0.4, 0.5) is 5.69 Å². The summed E-state index contributed by atoms with van der Waals surface area (Å²) >= 11 is 2.82. The van der Waals surface area contributed by atoms with Crippen LogP contribution >= 0.6 is 23.1 Å². The normalized spacial score (nSPS) is 14.9. The largest absolute Gasteiger partial charge is 0.379 e. The number of carbonyl (C=O) groups is 1. The summed E-state index contributed by atoms with van der Waals surface area (Å²) in [5.41, 5.74) is 2.52. The van der Waals surface area contributed by atoms with Gasteiger partial charge < -0.3 is 10.1 Å². The lowest BCUT2D eigenvalue weighted by atomic mass is 10.1. The van der Waals surface area contributed by atoms with Crippen molar-refractivity contribution in [2.45, 2.75) is 16.8 Å². The lowest BCUT2D eigenvalue weighted by Crippen LogP contribution is -2.40. The molecule has 1 amide bonds. The standard InChI is InChI=1S/C21H22N4O4S3/c1-15-23-19(13-30-15)16-3-2-4-17(11-16)24-20(26)14-31-21-6-5-18(12-22-21)32(27,28)25-7-9-29-10-8-25/h2-6,11-13H,7-10,14H2,1H3,(H,24,26). The first kappa shape index (κ1) is 22.9. The Hall–Kier alpha value is -2.31. The molecule has 0 bridgehead atoms. The summed E-state index contributed by atoms with van der Waals surface area (Å²) in [6.45, 7) is 3.41. The van der Waals surface area contributed by atoms with E-state index in [2.05, 4.69) is 15.3 Å². The molecule has 1 fully saturated rings. The third kappa shape index (κ3) is 5.54. The molecule has 11 heteroatoms. The number of nitrogens with one attached hydrogen (secondary N) is 1. The summed E-state index contributed by atoms with van der Waals surface area (Å²) in [4.78, 5) is 21.2. The first-order valence-electron chi connectivity index (χ1n) is 9.91. The van der Waals surface area contributed by atoms with Crippen LogP contribution in [0.25, 0.3) is 11.3 Å². The maximum atomic E-state index is 12.7. The van der Waals surface area contributed by atoms with Crippen molar-refractivity contribution in [3.63, 3.8) is 0 Å². The van der Waals surface area contributed by atoms with Gasteiger partial charge in [0.15, 0.2) is 0 Å². The fraction of sp³-hybridized carbons (Fsp3) is 0.286.